The quantitative estimate of drug-likeness (QED) is 0.133. The molecule has 0 bridgehead atoms. The smallest absolute Gasteiger partial charge is 0.310 e. The van der Waals surface area contributed by atoms with Crippen molar-refractivity contribution >= 4 is 27.5 Å². The van der Waals surface area contributed by atoms with Crippen LogP contribution in [0.2, 0.25) is 0 Å². The molecule has 4 aromatic carbocycles. The summed E-state index contributed by atoms with van der Waals surface area (Å²) >= 11 is 0. The van der Waals surface area contributed by atoms with Gasteiger partial charge >= 0.3 is 5.97 Å². The number of aliphatic carboxylic acids is 1. The van der Waals surface area contributed by atoms with Gasteiger partial charge in [-0.25, -0.2) is 0 Å². The van der Waals surface area contributed by atoms with Crippen molar-refractivity contribution in [3.8, 4) is 17.6 Å². The maximum Gasteiger partial charge on any atom is 0.310 e. The molecular weight excluding hydrogens is 510 g/mol. The molecule has 0 aromatic heterocycles. The van der Waals surface area contributed by atoms with Gasteiger partial charge in [0.2, 0.25) is 0 Å². The number of carboxylic acids is 1. The van der Waals surface area contributed by atoms with E-state index in [4.69, 9.17) is 9.47 Å². The maximum atomic E-state index is 11.5. The number of methoxy groups -OCH3 is 2. The molecule has 0 amide bonds. The average Bonchev–Trinajstić information content (AvgIpc) is 3.00. The Morgan fingerprint density at radius 2 is 1.24 bits per heavy atom. The summed E-state index contributed by atoms with van der Waals surface area (Å²) in [5.41, 5.74) is 1.94. The fourth-order valence-electron chi connectivity index (χ4n) is 4.84. The summed E-state index contributed by atoms with van der Waals surface area (Å²) in [7, 11) is 3.30. The van der Waals surface area contributed by atoms with Crippen molar-refractivity contribution < 1.29 is 19.4 Å². The molecular formula is C36H39NO4. The van der Waals surface area contributed by atoms with Crippen LogP contribution in [-0.2, 0) is 4.79 Å². The van der Waals surface area contributed by atoms with E-state index in [1.54, 1.807) is 14.2 Å². The highest BCUT2D eigenvalue weighted by atomic mass is 16.5. The zero-order chi connectivity index (χ0) is 29.6. The molecule has 0 heterocycles. The number of allylic oxidation sites excluding steroid dienone is 2. The van der Waals surface area contributed by atoms with Gasteiger partial charge in [0, 0.05) is 0 Å². The van der Waals surface area contributed by atoms with Crippen LogP contribution in [0, 0.1) is 11.3 Å². The Labute approximate surface area is 243 Å². The van der Waals surface area contributed by atoms with E-state index in [-0.39, 0.29) is 5.92 Å². The van der Waals surface area contributed by atoms with Crippen LogP contribution in [0.15, 0.2) is 98.1 Å². The number of carboxylic acid groups (broad SMARTS) is 1. The van der Waals surface area contributed by atoms with Gasteiger partial charge in [0.25, 0.3) is 0 Å². The minimum absolute atomic E-state index is 0.0403. The largest absolute Gasteiger partial charge is 0.497 e. The summed E-state index contributed by atoms with van der Waals surface area (Å²) in [6.45, 7) is 7.39. The molecule has 0 aliphatic rings. The van der Waals surface area contributed by atoms with Gasteiger partial charge in [-0.3, -0.25) is 4.79 Å². The first kappa shape index (κ1) is 31.0. The zero-order valence-corrected chi connectivity index (χ0v) is 24.0. The number of fused-ring (bicyclic) bond motifs is 2. The molecule has 41 heavy (non-hydrogen) atoms. The molecule has 1 N–H and O–H groups in total. The van der Waals surface area contributed by atoms with Crippen molar-refractivity contribution in [2.24, 2.45) is 0 Å². The Balaban J connectivity index is 0.000000226. The standard InChI is InChI=1S/C18H19NO.C18H20O3/c1-3-4-5-6-17(13-19)15-7-8-16-12-18(20-2)10-9-14(16)11-15;1-3-4-5-6-17(18(19)20)15-8-7-14-12-16(21-2)10-9-13(14)11-15/h3,7-12,17H,1,4-6H2,2H3;3,7-12,17H,1,4-6H2,2H3,(H,19,20). The van der Waals surface area contributed by atoms with Crippen molar-refractivity contribution in [1.82, 2.24) is 0 Å². The zero-order valence-electron chi connectivity index (χ0n) is 24.0. The minimum atomic E-state index is -0.771. The van der Waals surface area contributed by atoms with Crippen molar-refractivity contribution in [2.75, 3.05) is 14.2 Å². The van der Waals surface area contributed by atoms with Gasteiger partial charge in [0.1, 0.15) is 11.5 Å². The van der Waals surface area contributed by atoms with Crippen molar-refractivity contribution in [3.05, 3.63) is 109 Å². The van der Waals surface area contributed by atoms with Crippen molar-refractivity contribution in [3.63, 3.8) is 0 Å². The number of nitriles is 1. The normalized spacial score (nSPS) is 11.9. The molecule has 0 aliphatic carbocycles. The molecule has 4 aromatic rings. The van der Waals surface area contributed by atoms with E-state index in [0.29, 0.717) is 6.42 Å². The molecule has 0 fully saturated rings. The van der Waals surface area contributed by atoms with Gasteiger partial charge in [0.15, 0.2) is 0 Å². The molecule has 0 radical (unpaired) electrons. The third-order valence-electron chi connectivity index (χ3n) is 7.20. The highest BCUT2D eigenvalue weighted by Gasteiger charge is 2.19. The summed E-state index contributed by atoms with van der Waals surface area (Å²) in [5.74, 6) is 0.383. The van der Waals surface area contributed by atoms with Crippen LogP contribution in [0.4, 0.5) is 0 Å². The lowest BCUT2D eigenvalue weighted by atomic mass is 9.92. The van der Waals surface area contributed by atoms with Crippen LogP contribution in [0.5, 0.6) is 11.5 Å². The van der Waals surface area contributed by atoms with E-state index in [2.05, 4.69) is 31.4 Å². The Morgan fingerprint density at radius 3 is 1.73 bits per heavy atom. The summed E-state index contributed by atoms with van der Waals surface area (Å²) in [6, 6.07) is 26.2. The Bertz CT molecular complexity index is 1520. The second kappa shape index (κ2) is 15.9. The molecule has 5 nitrogen and oxygen atoms in total. The lowest BCUT2D eigenvalue weighted by molar-refractivity contribution is -0.139. The van der Waals surface area contributed by atoms with Gasteiger partial charge < -0.3 is 14.6 Å². The molecule has 0 spiro atoms. The predicted molar refractivity (Wildman–Crippen MR) is 168 cm³/mol. The Kier molecular flexibility index (Phi) is 12.0. The van der Waals surface area contributed by atoms with Gasteiger partial charge in [-0.1, -0.05) is 54.6 Å². The lowest BCUT2D eigenvalue weighted by Crippen LogP contribution is -2.11. The van der Waals surface area contributed by atoms with Gasteiger partial charge in [-0.15, -0.1) is 13.2 Å². The molecule has 2 unspecified atom stereocenters. The second-order valence-corrected chi connectivity index (χ2v) is 9.96. The summed E-state index contributed by atoms with van der Waals surface area (Å²) in [6.07, 6.45) is 8.88. The number of rotatable bonds is 13. The third-order valence-corrected chi connectivity index (χ3v) is 7.20. The van der Waals surface area contributed by atoms with Crippen LogP contribution in [0.3, 0.4) is 0 Å². The number of hydrogen-bond acceptors (Lipinski definition) is 4. The van der Waals surface area contributed by atoms with E-state index in [9.17, 15) is 15.2 Å². The number of nitrogens with zero attached hydrogens (tertiary/aromatic N) is 1. The van der Waals surface area contributed by atoms with Crippen LogP contribution in [-0.4, -0.2) is 25.3 Å². The fourth-order valence-corrected chi connectivity index (χ4v) is 4.84. The maximum absolute atomic E-state index is 11.5. The SMILES string of the molecule is C=CCCCC(C#N)c1ccc2cc(OC)ccc2c1.C=CCCCC(C(=O)O)c1ccc2cc(OC)ccc2c1. The Hall–Kier alpha value is -4.56. The summed E-state index contributed by atoms with van der Waals surface area (Å²) in [4.78, 5) is 11.5. The first-order valence-corrected chi connectivity index (χ1v) is 13.9. The molecule has 5 heteroatoms. The number of hydrogen-bond donors (Lipinski definition) is 1. The molecule has 0 saturated heterocycles. The van der Waals surface area contributed by atoms with Crippen LogP contribution in [0.25, 0.3) is 21.5 Å². The number of carbonyl (C=O) groups is 1. The number of unbranched alkanes of at least 4 members (excludes halogenated alkanes) is 2. The van der Waals surface area contributed by atoms with Crippen molar-refractivity contribution in [1.29, 1.82) is 5.26 Å². The van der Waals surface area contributed by atoms with Crippen molar-refractivity contribution in [2.45, 2.75) is 50.4 Å². The van der Waals surface area contributed by atoms with E-state index >= 15 is 0 Å². The first-order valence-electron chi connectivity index (χ1n) is 13.9. The predicted octanol–water partition coefficient (Wildman–Crippen LogP) is 9.18. The van der Waals surface area contributed by atoms with Gasteiger partial charge in [-0.05, 0) is 102 Å². The molecule has 2 atom stereocenters. The monoisotopic (exact) mass is 549 g/mol. The highest BCUT2D eigenvalue weighted by molar-refractivity contribution is 5.87. The van der Waals surface area contributed by atoms with Crippen LogP contribution >= 0.6 is 0 Å². The fraction of sp³-hybridized carbons (Fsp3) is 0.278. The minimum Gasteiger partial charge on any atom is -0.497 e. The first-order chi connectivity index (χ1) is 19.9. The number of ether oxygens (including phenoxy) is 2. The van der Waals surface area contributed by atoms with E-state index in [1.165, 1.54) is 0 Å². The molecule has 0 saturated carbocycles. The van der Waals surface area contributed by atoms with Crippen LogP contribution in [0.1, 0.15) is 61.5 Å². The lowest BCUT2D eigenvalue weighted by Gasteiger charge is -2.13. The molecule has 4 rings (SSSR count). The number of benzene rings is 4. The topological polar surface area (TPSA) is 79.5 Å². The summed E-state index contributed by atoms with van der Waals surface area (Å²) in [5, 5.41) is 23.1. The average molecular weight is 550 g/mol. The van der Waals surface area contributed by atoms with Gasteiger partial charge in [0.05, 0.1) is 32.1 Å². The third kappa shape index (κ3) is 8.71. The Morgan fingerprint density at radius 1 is 0.780 bits per heavy atom. The second-order valence-electron chi connectivity index (χ2n) is 9.96. The molecule has 0 aliphatic heterocycles. The molecule has 212 valence electrons. The van der Waals surface area contributed by atoms with E-state index < -0.39 is 11.9 Å². The van der Waals surface area contributed by atoms with E-state index in [0.717, 1.165) is 76.3 Å². The van der Waals surface area contributed by atoms with Gasteiger partial charge in [-0.2, -0.15) is 5.26 Å². The highest BCUT2D eigenvalue weighted by Crippen LogP contribution is 2.29. The van der Waals surface area contributed by atoms with E-state index in [1.807, 2.05) is 72.8 Å². The van der Waals surface area contributed by atoms with Crippen LogP contribution < -0.4 is 9.47 Å². The summed E-state index contributed by atoms with van der Waals surface area (Å²) < 4.78 is 10.4.